The molecule has 1 aliphatic heterocycles. The molecule has 1 fully saturated rings. The zero-order chi connectivity index (χ0) is 16.9. The maximum absolute atomic E-state index is 13.7. The van der Waals surface area contributed by atoms with Crippen LogP contribution in [0.5, 0.6) is 5.75 Å². The molecule has 0 spiro atoms. The van der Waals surface area contributed by atoms with E-state index in [9.17, 15) is 9.18 Å². The molecule has 1 heterocycles. The molecule has 1 aliphatic rings. The summed E-state index contributed by atoms with van der Waals surface area (Å²) in [4.78, 5) is 16.8. The van der Waals surface area contributed by atoms with Crippen LogP contribution in [0.2, 0.25) is 0 Å². The summed E-state index contributed by atoms with van der Waals surface area (Å²) in [6.07, 6.45) is 1.52. The maximum Gasteiger partial charge on any atom is 0.264 e. The van der Waals surface area contributed by atoms with Crippen LogP contribution < -0.4 is 10.1 Å². The van der Waals surface area contributed by atoms with Crippen LogP contribution in [0.15, 0.2) is 58.4 Å². The lowest BCUT2D eigenvalue weighted by atomic mass is 10.2. The number of ether oxygens (including phenoxy) is 1. The molecule has 0 bridgehead atoms. The molecule has 4 nitrogen and oxygen atoms in total. The van der Waals surface area contributed by atoms with Crippen LogP contribution in [-0.2, 0) is 4.79 Å². The Kier molecular flexibility index (Phi) is 4.96. The van der Waals surface area contributed by atoms with Gasteiger partial charge in [0.25, 0.3) is 5.91 Å². The molecule has 3 rings (SSSR count). The van der Waals surface area contributed by atoms with Gasteiger partial charge < -0.3 is 10.1 Å². The molecule has 0 aliphatic carbocycles. The van der Waals surface area contributed by atoms with Crippen molar-refractivity contribution in [3.05, 3.63) is 64.8 Å². The molecule has 0 atom stereocenters. The first-order chi connectivity index (χ1) is 11.7. The molecule has 1 N–H and O–H groups in total. The average molecular weight is 342 g/mol. The summed E-state index contributed by atoms with van der Waals surface area (Å²) >= 11 is 1.18. The van der Waals surface area contributed by atoms with E-state index in [4.69, 9.17) is 4.74 Å². The Morgan fingerprint density at radius 2 is 1.96 bits per heavy atom. The van der Waals surface area contributed by atoms with Gasteiger partial charge in [-0.3, -0.25) is 4.79 Å². The number of hydrogen-bond acceptors (Lipinski definition) is 4. The number of rotatable bonds is 4. The van der Waals surface area contributed by atoms with Gasteiger partial charge in [0, 0.05) is 5.56 Å². The maximum atomic E-state index is 13.7. The highest BCUT2D eigenvalue weighted by atomic mass is 32.2. The molecule has 6 heteroatoms. The predicted octanol–water partition coefficient (Wildman–Crippen LogP) is 4.12. The molecule has 0 radical (unpaired) electrons. The van der Waals surface area contributed by atoms with E-state index in [1.165, 1.54) is 23.9 Å². The average Bonchev–Trinajstić information content (AvgIpc) is 2.91. The molecule has 1 saturated heterocycles. The predicted molar refractivity (Wildman–Crippen MR) is 94.8 cm³/mol. The summed E-state index contributed by atoms with van der Waals surface area (Å²) in [6, 6.07) is 13.6. The first-order valence-electron chi connectivity index (χ1n) is 7.42. The summed E-state index contributed by atoms with van der Waals surface area (Å²) in [6.45, 7) is 2.52. The Bertz CT molecular complexity index is 816. The van der Waals surface area contributed by atoms with Crippen molar-refractivity contribution in [1.29, 1.82) is 0 Å². The SMILES string of the molecule is CCOc1ccc(N=C2NC(=O)/C(=C/c3ccccc3F)S2)cc1. The number of thioether (sulfide) groups is 1. The summed E-state index contributed by atoms with van der Waals surface area (Å²) < 4.78 is 19.1. The van der Waals surface area contributed by atoms with Crippen LogP contribution in [0.4, 0.5) is 10.1 Å². The Labute approximate surface area is 143 Å². The lowest BCUT2D eigenvalue weighted by Crippen LogP contribution is -2.19. The van der Waals surface area contributed by atoms with Gasteiger partial charge in [0.15, 0.2) is 5.17 Å². The van der Waals surface area contributed by atoms with E-state index in [2.05, 4.69) is 10.3 Å². The Balaban J connectivity index is 1.78. The lowest BCUT2D eigenvalue weighted by Gasteiger charge is -2.02. The number of hydrogen-bond donors (Lipinski definition) is 1. The zero-order valence-electron chi connectivity index (χ0n) is 13.0. The number of amides is 1. The van der Waals surface area contributed by atoms with Crippen molar-refractivity contribution in [2.24, 2.45) is 4.99 Å². The van der Waals surface area contributed by atoms with Crippen molar-refractivity contribution in [2.75, 3.05) is 6.61 Å². The minimum Gasteiger partial charge on any atom is -0.494 e. The lowest BCUT2D eigenvalue weighted by molar-refractivity contribution is -0.115. The Morgan fingerprint density at radius 3 is 2.67 bits per heavy atom. The molecule has 0 aromatic heterocycles. The van der Waals surface area contributed by atoms with E-state index in [0.29, 0.717) is 27.9 Å². The summed E-state index contributed by atoms with van der Waals surface area (Å²) in [5.41, 5.74) is 1.07. The minimum atomic E-state index is -0.365. The highest BCUT2D eigenvalue weighted by Crippen LogP contribution is 2.29. The second-order valence-electron chi connectivity index (χ2n) is 4.93. The van der Waals surface area contributed by atoms with Crippen molar-refractivity contribution in [2.45, 2.75) is 6.92 Å². The standard InChI is InChI=1S/C18H15FN2O2S/c1-2-23-14-9-7-13(8-10-14)20-18-21-17(22)16(24-18)11-12-5-3-4-6-15(12)19/h3-11H,2H2,1H3,(H,20,21,22)/b16-11-. The van der Waals surface area contributed by atoms with E-state index < -0.39 is 0 Å². The summed E-state index contributed by atoms with van der Waals surface area (Å²) in [5, 5.41) is 3.15. The molecule has 0 saturated carbocycles. The van der Waals surface area contributed by atoms with Gasteiger partial charge >= 0.3 is 0 Å². The third kappa shape index (κ3) is 3.83. The Hall–Kier alpha value is -2.60. The van der Waals surface area contributed by atoms with Crippen LogP contribution in [0.25, 0.3) is 6.08 Å². The van der Waals surface area contributed by atoms with Gasteiger partial charge in [-0.25, -0.2) is 9.38 Å². The van der Waals surface area contributed by atoms with Crippen LogP contribution >= 0.6 is 11.8 Å². The number of amidine groups is 1. The highest BCUT2D eigenvalue weighted by molar-refractivity contribution is 8.18. The van der Waals surface area contributed by atoms with E-state index in [1.54, 1.807) is 18.2 Å². The fourth-order valence-electron chi connectivity index (χ4n) is 2.11. The second-order valence-corrected chi connectivity index (χ2v) is 5.96. The molecular weight excluding hydrogens is 327 g/mol. The monoisotopic (exact) mass is 342 g/mol. The van der Waals surface area contributed by atoms with Gasteiger partial charge in [0.1, 0.15) is 11.6 Å². The smallest absolute Gasteiger partial charge is 0.264 e. The van der Waals surface area contributed by atoms with Crippen molar-refractivity contribution in [3.63, 3.8) is 0 Å². The quantitative estimate of drug-likeness (QED) is 0.851. The first-order valence-corrected chi connectivity index (χ1v) is 8.24. The second kappa shape index (κ2) is 7.31. The van der Waals surface area contributed by atoms with Gasteiger partial charge in [-0.2, -0.15) is 0 Å². The molecule has 0 unspecified atom stereocenters. The third-order valence-corrected chi connectivity index (χ3v) is 4.13. The number of nitrogens with zero attached hydrogens (tertiary/aromatic N) is 1. The van der Waals surface area contributed by atoms with Crippen molar-refractivity contribution >= 4 is 34.6 Å². The van der Waals surface area contributed by atoms with E-state index >= 15 is 0 Å². The zero-order valence-corrected chi connectivity index (χ0v) is 13.8. The fourth-order valence-corrected chi connectivity index (χ4v) is 2.95. The van der Waals surface area contributed by atoms with Crippen LogP contribution in [0.3, 0.4) is 0 Å². The number of halogens is 1. The van der Waals surface area contributed by atoms with Crippen LogP contribution in [-0.4, -0.2) is 17.7 Å². The molecule has 122 valence electrons. The van der Waals surface area contributed by atoms with Crippen molar-refractivity contribution in [1.82, 2.24) is 5.32 Å². The topological polar surface area (TPSA) is 50.7 Å². The third-order valence-electron chi connectivity index (χ3n) is 3.22. The van der Waals surface area contributed by atoms with Gasteiger partial charge in [0.2, 0.25) is 0 Å². The number of carbonyl (C=O) groups excluding carboxylic acids is 1. The fraction of sp³-hybridized carbons (Fsp3) is 0.111. The largest absolute Gasteiger partial charge is 0.494 e. The first kappa shape index (κ1) is 16.3. The number of benzene rings is 2. The van der Waals surface area contributed by atoms with Crippen LogP contribution in [0, 0.1) is 5.82 Å². The van der Waals surface area contributed by atoms with E-state index in [1.807, 2.05) is 31.2 Å². The molecule has 2 aromatic carbocycles. The van der Waals surface area contributed by atoms with E-state index in [-0.39, 0.29) is 11.7 Å². The summed E-state index contributed by atoms with van der Waals surface area (Å²) in [7, 11) is 0. The summed E-state index contributed by atoms with van der Waals surface area (Å²) in [5.74, 6) is 0.118. The van der Waals surface area contributed by atoms with Gasteiger partial charge in [-0.1, -0.05) is 18.2 Å². The van der Waals surface area contributed by atoms with E-state index in [0.717, 1.165) is 5.75 Å². The molecule has 2 aromatic rings. The number of nitrogens with one attached hydrogen (secondary N) is 1. The highest BCUT2D eigenvalue weighted by Gasteiger charge is 2.24. The number of aliphatic imine (C=N–C) groups is 1. The molecular formula is C18H15FN2O2S. The molecule has 24 heavy (non-hydrogen) atoms. The minimum absolute atomic E-state index is 0.284. The van der Waals surface area contributed by atoms with Crippen molar-refractivity contribution in [3.8, 4) is 5.75 Å². The van der Waals surface area contributed by atoms with Crippen molar-refractivity contribution < 1.29 is 13.9 Å². The molecule has 1 amide bonds. The van der Waals surface area contributed by atoms with Gasteiger partial charge in [-0.15, -0.1) is 0 Å². The van der Waals surface area contributed by atoms with Crippen LogP contribution in [0.1, 0.15) is 12.5 Å². The van der Waals surface area contributed by atoms with Gasteiger partial charge in [-0.05, 0) is 55.1 Å². The normalized spacial score (nSPS) is 17.3. The number of carbonyl (C=O) groups is 1. The van der Waals surface area contributed by atoms with Gasteiger partial charge in [0.05, 0.1) is 17.2 Å². The Morgan fingerprint density at radius 1 is 1.21 bits per heavy atom.